The van der Waals surface area contributed by atoms with E-state index in [1.165, 1.54) is 18.2 Å². The molecule has 1 heterocycles. The van der Waals surface area contributed by atoms with Crippen LogP contribution in [-0.4, -0.2) is 37.3 Å². The van der Waals surface area contributed by atoms with Crippen molar-refractivity contribution in [1.29, 1.82) is 0 Å². The van der Waals surface area contributed by atoms with Crippen LogP contribution in [0.25, 0.3) is 10.9 Å². The molecule has 0 spiro atoms. The summed E-state index contributed by atoms with van der Waals surface area (Å²) in [6.07, 6.45) is 0. The molecule has 92 valence electrons. The number of rotatable bonds is 2. The highest BCUT2D eigenvalue weighted by Gasteiger charge is 2.25. The number of pyridine rings is 1. The summed E-state index contributed by atoms with van der Waals surface area (Å²) in [4.78, 5) is 25.5. The molecular weight excluding hydrogens is 242 g/mol. The molecule has 0 saturated carbocycles. The van der Waals surface area contributed by atoms with Crippen molar-refractivity contribution in [2.45, 2.75) is 0 Å². The van der Waals surface area contributed by atoms with E-state index < -0.39 is 34.7 Å². The van der Waals surface area contributed by atoms with E-state index in [1.807, 2.05) is 0 Å². The zero-order chi connectivity index (χ0) is 13.4. The van der Waals surface area contributed by atoms with Gasteiger partial charge in [0.15, 0.2) is 11.4 Å². The average Bonchev–Trinajstić information content (AvgIpc) is 2.28. The maximum atomic E-state index is 11.1. The first-order valence-electron chi connectivity index (χ1n) is 4.74. The highest BCUT2D eigenvalue weighted by molar-refractivity contribution is 6.10. The van der Waals surface area contributed by atoms with Crippen molar-refractivity contribution in [3.05, 3.63) is 29.5 Å². The lowest BCUT2D eigenvalue weighted by atomic mass is 10.1. The molecule has 0 aliphatic heterocycles. The van der Waals surface area contributed by atoms with Gasteiger partial charge in [-0.1, -0.05) is 6.07 Å². The van der Waals surface area contributed by atoms with Gasteiger partial charge in [0.1, 0.15) is 11.3 Å². The number of benzene rings is 1. The minimum Gasteiger partial charge on any atom is -0.507 e. The van der Waals surface area contributed by atoms with Gasteiger partial charge in [-0.15, -0.1) is 0 Å². The van der Waals surface area contributed by atoms with Crippen molar-refractivity contribution < 1.29 is 30.0 Å². The molecule has 2 aromatic rings. The van der Waals surface area contributed by atoms with Crippen LogP contribution in [0.1, 0.15) is 20.8 Å². The Labute approximate surface area is 99.6 Å². The fourth-order valence-electron chi connectivity index (χ4n) is 1.65. The van der Waals surface area contributed by atoms with E-state index in [9.17, 15) is 19.8 Å². The Hall–Kier alpha value is -2.83. The number of nitrogens with zero attached hydrogens (tertiary/aromatic N) is 1. The summed E-state index contributed by atoms with van der Waals surface area (Å²) in [7, 11) is 0. The predicted molar refractivity (Wildman–Crippen MR) is 59.0 cm³/mol. The van der Waals surface area contributed by atoms with Gasteiger partial charge in [-0.2, -0.15) is 0 Å². The van der Waals surface area contributed by atoms with Crippen LogP contribution in [0, 0.1) is 0 Å². The number of aromatic carboxylic acids is 2. The summed E-state index contributed by atoms with van der Waals surface area (Å²) in [5, 5.41) is 36.8. The fourth-order valence-corrected chi connectivity index (χ4v) is 1.65. The van der Waals surface area contributed by atoms with Crippen LogP contribution in [-0.2, 0) is 0 Å². The van der Waals surface area contributed by atoms with E-state index >= 15 is 0 Å². The minimum absolute atomic E-state index is 0.0254. The van der Waals surface area contributed by atoms with Crippen LogP contribution in [0.15, 0.2) is 18.2 Å². The van der Waals surface area contributed by atoms with E-state index in [1.54, 1.807) is 0 Å². The molecule has 7 nitrogen and oxygen atoms in total. The molecule has 4 N–H and O–H groups in total. The second-order valence-corrected chi connectivity index (χ2v) is 3.47. The number of hydrogen-bond acceptors (Lipinski definition) is 5. The summed E-state index contributed by atoms with van der Waals surface area (Å²) in [6.45, 7) is 0. The molecule has 1 aromatic carbocycles. The average molecular weight is 249 g/mol. The number of aromatic nitrogens is 1. The number of phenols is 1. The third kappa shape index (κ3) is 1.58. The highest BCUT2D eigenvalue weighted by atomic mass is 16.4. The number of phenolic OH excluding ortho intramolecular Hbond substituents is 1. The first-order valence-corrected chi connectivity index (χ1v) is 4.74. The number of carboxylic acids is 2. The van der Waals surface area contributed by atoms with Gasteiger partial charge >= 0.3 is 11.9 Å². The summed E-state index contributed by atoms with van der Waals surface area (Å²) in [5.41, 5.74) is -1.48. The van der Waals surface area contributed by atoms with Crippen molar-refractivity contribution in [1.82, 2.24) is 4.98 Å². The largest absolute Gasteiger partial charge is 0.507 e. The Morgan fingerprint density at radius 1 is 1.06 bits per heavy atom. The standard InChI is InChI=1S/C11H7NO6/c13-5-3-1-2-4-6(5)7(10(15)16)9(14)8(12-4)11(17)18/h1-3,13-14H,(H,15,16)(H,17,18). The van der Waals surface area contributed by atoms with Gasteiger partial charge in [-0.05, 0) is 12.1 Å². The second-order valence-electron chi connectivity index (χ2n) is 3.47. The predicted octanol–water partition coefficient (Wildman–Crippen LogP) is 1.04. The number of aromatic hydroxyl groups is 2. The zero-order valence-corrected chi connectivity index (χ0v) is 8.78. The lowest BCUT2D eigenvalue weighted by Gasteiger charge is -2.08. The third-order valence-corrected chi connectivity index (χ3v) is 2.38. The number of carbonyl (C=O) groups is 2. The summed E-state index contributed by atoms with van der Waals surface area (Å²) in [6, 6.07) is 3.95. The van der Waals surface area contributed by atoms with Crippen LogP contribution in [0.4, 0.5) is 0 Å². The van der Waals surface area contributed by atoms with Gasteiger partial charge in [-0.3, -0.25) is 0 Å². The topological polar surface area (TPSA) is 128 Å². The molecule has 0 saturated heterocycles. The third-order valence-electron chi connectivity index (χ3n) is 2.38. The summed E-state index contributed by atoms with van der Waals surface area (Å²) < 4.78 is 0. The highest BCUT2D eigenvalue weighted by Crippen LogP contribution is 2.34. The van der Waals surface area contributed by atoms with Gasteiger partial charge in [-0.25, -0.2) is 14.6 Å². The maximum Gasteiger partial charge on any atom is 0.358 e. The van der Waals surface area contributed by atoms with Gasteiger partial charge in [0.05, 0.1) is 10.9 Å². The van der Waals surface area contributed by atoms with Crippen molar-refractivity contribution in [2.75, 3.05) is 0 Å². The van der Waals surface area contributed by atoms with Crippen LogP contribution in [0.5, 0.6) is 11.5 Å². The molecule has 1 aromatic heterocycles. The van der Waals surface area contributed by atoms with E-state index in [0.717, 1.165) is 0 Å². The molecule has 2 rings (SSSR count). The second kappa shape index (κ2) is 3.88. The fraction of sp³-hybridized carbons (Fsp3) is 0. The smallest absolute Gasteiger partial charge is 0.358 e. The summed E-state index contributed by atoms with van der Waals surface area (Å²) >= 11 is 0. The van der Waals surface area contributed by atoms with Crippen LogP contribution < -0.4 is 0 Å². The first kappa shape index (κ1) is 11.6. The van der Waals surface area contributed by atoms with Crippen molar-refractivity contribution >= 4 is 22.8 Å². The number of fused-ring (bicyclic) bond motifs is 1. The molecule has 0 amide bonds. The zero-order valence-electron chi connectivity index (χ0n) is 8.78. The Kier molecular flexibility index (Phi) is 2.51. The van der Waals surface area contributed by atoms with E-state index in [4.69, 9.17) is 10.2 Å². The Bertz CT molecular complexity index is 679. The lowest BCUT2D eigenvalue weighted by molar-refractivity contribution is 0.0686. The molecule has 0 aliphatic carbocycles. The molecule has 18 heavy (non-hydrogen) atoms. The maximum absolute atomic E-state index is 11.1. The molecule has 0 unspecified atom stereocenters. The Morgan fingerprint density at radius 3 is 2.28 bits per heavy atom. The van der Waals surface area contributed by atoms with Gasteiger partial charge in [0.2, 0.25) is 0 Å². The molecule has 0 fully saturated rings. The number of hydrogen-bond donors (Lipinski definition) is 4. The van der Waals surface area contributed by atoms with Crippen LogP contribution >= 0.6 is 0 Å². The molecule has 0 aliphatic rings. The monoisotopic (exact) mass is 249 g/mol. The first-order chi connectivity index (χ1) is 8.43. The summed E-state index contributed by atoms with van der Waals surface area (Å²) in [5.74, 6) is -4.49. The lowest BCUT2D eigenvalue weighted by Crippen LogP contribution is -2.07. The molecule has 0 radical (unpaired) electrons. The van der Waals surface area contributed by atoms with Gasteiger partial charge in [0, 0.05) is 0 Å². The SMILES string of the molecule is O=C(O)c1nc2cccc(O)c2c(C(=O)O)c1O. The van der Waals surface area contributed by atoms with Gasteiger partial charge < -0.3 is 20.4 Å². The quantitative estimate of drug-likeness (QED) is 0.625. The Morgan fingerprint density at radius 2 is 1.72 bits per heavy atom. The van der Waals surface area contributed by atoms with E-state index in [0.29, 0.717) is 0 Å². The number of carboxylic acid groups (broad SMARTS) is 2. The molecule has 0 bridgehead atoms. The minimum atomic E-state index is -1.56. The molecule has 7 heteroatoms. The van der Waals surface area contributed by atoms with Crippen LogP contribution in [0.3, 0.4) is 0 Å². The van der Waals surface area contributed by atoms with Crippen LogP contribution in [0.2, 0.25) is 0 Å². The van der Waals surface area contributed by atoms with Crippen molar-refractivity contribution in [3.63, 3.8) is 0 Å². The normalized spacial score (nSPS) is 10.4. The van der Waals surface area contributed by atoms with E-state index in [2.05, 4.69) is 4.98 Å². The Balaban J connectivity index is 3.02. The van der Waals surface area contributed by atoms with Gasteiger partial charge in [0.25, 0.3) is 0 Å². The molecule has 0 atom stereocenters. The van der Waals surface area contributed by atoms with Crippen molar-refractivity contribution in [2.24, 2.45) is 0 Å². The van der Waals surface area contributed by atoms with E-state index in [-0.39, 0.29) is 10.9 Å². The molecular formula is C11H7NO6. The van der Waals surface area contributed by atoms with Crippen molar-refractivity contribution in [3.8, 4) is 11.5 Å².